The second-order valence-corrected chi connectivity index (χ2v) is 6.97. The molecule has 0 amide bonds. The molecule has 17 heavy (non-hydrogen) atoms. The molecule has 0 aromatic carbocycles. The van der Waals surface area contributed by atoms with Crippen molar-refractivity contribution in [3.8, 4) is 0 Å². The summed E-state index contributed by atoms with van der Waals surface area (Å²) in [5, 5.41) is 6.82. The number of fused-ring (bicyclic) bond motifs is 1. The van der Waals surface area contributed by atoms with Crippen molar-refractivity contribution in [3.63, 3.8) is 0 Å². The molecule has 0 radical (unpaired) electrons. The highest BCUT2D eigenvalue weighted by Gasteiger charge is 2.26. The number of aromatic nitrogens is 1. The highest BCUT2D eigenvalue weighted by Crippen LogP contribution is 2.40. The van der Waals surface area contributed by atoms with Crippen LogP contribution in [0.5, 0.6) is 0 Å². The van der Waals surface area contributed by atoms with Gasteiger partial charge in [0.15, 0.2) is 0 Å². The zero-order valence-corrected chi connectivity index (χ0v) is 11.8. The number of thiazole rings is 1. The summed E-state index contributed by atoms with van der Waals surface area (Å²) in [4.78, 5) is 5.80. The molecule has 2 atom stereocenters. The van der Waals surface area contributed by atoms with E-state index in [-0.39, 0.29) is 0 Å². The van der Waals surface area contributed by atoms with Crippen LogP contribution in [-0.4, -0.2) is 4.98 Å². The van der Waals surface area contributed by atoms with Crippen LogP contribution in [0.1, 0.15) is 40.9 Å². The van der Waals surface area contributed by atoms with Crippen LogP contribution in [-0.2, 0) is 6.42 Å². The van der Waals surface area contributed by atoms with Gasteiger partial charge in [0.25, 0.3) is 0 Å². The Bertz CT molecular complexity index is 507. The molecule has 0 saturated heterocycles. The summed E-state index contributed by atoms with van der Waals surface area (Å²) in [6.07, 6.45) is 4.18. The Hall–Kier alpha value is -0.420. The molecule has 0 aliphatic heterocycles. The molecule has 1 N–H and O–H groups in total. The fourth-order valence-electron chi connectivity index (χ4n) is 2.32. The zero-order valence-electron chi connectivity index (χ0n) is 9.44. The number of thiophene rings is 1. The summed E-state index contributed by atoms with van der Waals surface area (Å²) < 4.78 is 0.906. The van der Waals surface area contributed by atoms with Crippen molar-refractivity contribution in [3.05, 3.63) is 37.4 Å². The lowest BCUT2D eigenvalue weighted by Crippen LogP contribution is -2.22. The Morgan fingerprint density at radius 1 is 1.59 bits per heavy atom. The van der Waals surface area contributed by atoms with Gasteiger partial charge in [-0.1, -0.05) is 11.6 Å². The van der Waals surface area contributed by atoms with Crippen molar-refractivity contribution in [1.29, 1.82) is 0 Å². The van der Waals surface area contributed by atoms with Crippen molar-refractivity contribution in [2.45, 2.75) is 31.8 Å². The molecule has 0 saturated carbocycles. The van der Waals surface area contributed by atoms with Gasteiger partial charge in [-0.05, 0) is 31.4 Å². The summed E-state index contributed by atoms with van der Waals surface area (Å²) in [6, 6.07) is 2.86. The van der Waals surface area contributed by atoms with Gasteiger partial charge in [0.2, 0.25) is 0 Å². The van der Waals surface area contributed by atoms with E-state index < -0.39 is 0 Å². The van der Waals surface area contributed by atoms with Gasteiger partial charge < -0.3 is 5.32 Å². The maximum Gasteiger partial charge on any atom is 0.109 e. The molecule has 2 unspecified atom stereocenters. The maximum absolute atomic E-state index is 6.06. The van der Waals surface area contributed by atoms with E-state index in [4.69, 9.17) is 11.6 Å². The largest absolute Gasteiger partial charge is 0.301 e. The minimum Gasteiger partial charge on any atom is -0.301 e. The van der Waals surface area contributed by atoms with E-state index in [0.29, 0.717) is 12.1 Å². The van der Waals surface area contributed by atoms with Gasteiger partial charge in [-0.2, -0.15) is 0 Å². The van der Waals surface area contributed by atoms with Gasteiger partial charge in [-0.15, -0.1) is 22.7 Å². The predicted octanol–water partition coefficient (Wildman–Crippen LogP) is 4.20. The third kappa shape index (κ3) is 2.27. The van der Waals surface area contributed by atoms with E-state index in [9.17, 15) is 0 Å². The minimum atomic E-state index is 0.310. The van der Waals surface area contributed by atoms with Crippen LogP contribution in [0.2, 0.25) is 4.34 Å². The highest BCUT2D eigenvalue weighted by molar-refractivity contribution is 7.16. The lowest BCUT2D eigenvalue weighted by molar-refractivity contribution is 0.464. The molecule has 1 aliphatic rings. The van der Waals surface area contributed by atoms with Crippen LogP contribution >= 0.6 is 34.3 Å². The first-order valence-electron chi connectivity index (χ1n) is 5.67. The topological polar surface area (TPSA) is 24.9 Å². The number of hydrogen-bond acceptors (Lipinski definition) is 4. The van der Waals surface area contributed by atoms with Gasteiger partial charge in [-0.3, -0.25) is 0 Å². The van der Waals surface area contributed by atoms with Gasteiger partial charge >= 0.3 is 0 Å². The number of halogens is 1. The second-order valence-electron chi connectivity index (χ2n) is 4.28. The lowest BCUT2D eigenvalue weighted by atomic mass is 10.1. The van der Waals surface area contributed by atoms with Crippen molar-refractivity contribution >= 4 is 34.3 Å². The number of rotatable bonds is 3. The monoisotopic (exact) mass is 284 g/mol. The van der Waals surface area contributed by atoms with Gasteiger partial charge in [0.1, 0.15) is 5.01 Å². The summed E-state index contributed by atoms with van der Waals surface area (Å²) in [5.74, 6) is 0. The smallest absolute Gasteiger partial charge is 0.109 e. The first-order valence-corrected chi connectivity index (χ1v) is 7.75. The van der Waals surface area contributed by atoms with Crippen LogP contribution < -0.4 is 5.32 Å². The third-order valence-electron chi connectivity index (χ3n) is 3.12. The van der Waals surface area contributed by atoms with E-state index in [1.807, 2.05) is 11.6 Å². The molecule has 2 aromatic rings. The fourth-order valence-corrected chi connectivity index (χ4v) is 4.34. The van der Waals surface area contributed by atoms with Crippen molar-refractivity contribution < 1.29 is 0 Å². The molecule has 0 fully saturated rings. The van der Waals surface area contributed by atoms with E-state index in [0.717, 1.165) is 15.8 Å². The first-order chi connectivity index (χ1) is 8.24. The average Bonchev–Trinajstić information content (AvgIpc) is 2.96. The van der Waals surface area contributed by atoms with E-state index in [1.165, 1.54) is 16.9 Å². The lowest BCUT2D eigenvalue weighted by Gasteiger charge is -2.17. The molecule has 90 valence electrons. The van der Waals surface area contributed by atoms with E-state index in [1.54, 1.807) is 22.7 Å². The zero-order chi connectivity index (χ0) is 11.8. The SMILES string of the molecule is CC(NC1CCc2sc(Cl)cc21)c1nccs1. The van der Waals surface area contributed by atoms with Crippen molar-refractivity contribution in [2.75, 3.05) is 0 Å². The fraction of sp³-hybridized carbons (Fsp3) is 0.417. The standard InChI is InChI=1S/C12H13ClN2S2/c1-7(12-14-4-5-16-12)15-9-2-3-10-8(9)6-11(13)17-10/h4-7,9,15H,2-3H2,1H3. The summed E-state index contributed by atoms with van der Waals surface area (Å²) in [6.45, 7) is 2.17. The summed E-state index contributed by atoms with van der Waals surface area (Å²) in [5.41, 5.74) is 1.39. The highest BCUT2D eigenvalue weighted by atomic mass is 35.5. The van der Waals surface area contributed by atoms with E-state index in [2.05, 4.69) is 23.3 Å². The quantitative estimate of drug-likeness (QED) is 0.914. The number of hydrogen-bond donors (Lipinski definition) is 1. The van der Waals surface area contributed by atoms with Gasteiger partial charge in [-0.25, -0.2) is 4.98 Å². The predicted molar refractivity (Wildman–Crippen MR) is 74.1 cm³/mol. The minimum absolute atomic E-state index is 0.310. The van der Waals surface area contributed by atoms with Crippen LogP contribution in [0.3, 0.4) is 0 Å². The van der Waals surface area contributed by atoms with Crippen LogP contribution in [0.15, 0.2) is 17.6 Å². The number of nitrogens with one attached hydrogen (secondary N) is 1. The van der Waals surface area contributed by atoms with Gasteiger partial charge in [0, 0.05) is 22.5 Å². The van der Waals surface area contributed by atoms with Crippen molar-refractivity contribution in [2.24, 2.45) is 0 Å². The Morgan fingerprint density at radius 3 is 3.24 bits per heavy atom. The Labute approximate surface area is 114 Å². The van der Waals surface area contributed by atoms with Crippen LogP contribution in [0.25, 0.3) is 0 Å². The molecular weight excluding hydrogens is 272 g/mol. The van der Waals surface area contributed by atoms with Crippen LogP contribution in [0.4, 0.5) is 0 Å². The molecule has 2 heterocycles. The molecule has 2 nitrogen and oxygen atoms in total. The summed E-state index contributed by atoms with van der Waals surface area (Å²) in [7, 11) is 0. The molecule has 3 rings (SSSR count). The molecule has 0 bridgehead atoms. The Balaban J connectivity index is 1.75. The van der Waals surface area contributed by atoms with Gasteiger partial charge in [0.05, 0.1) is 10.4 Å². The number of nitrogens with zero attached hydrogens (tertiary/aromatic N) is 1. The van der Waals surface area contributed by atoms with E-state index >= 15 is 0 Å². The molecule has 5 heteroatoms. The first kappa shape index (κ1) is 11.7. The normalized spacial score (nSPS) is 20.5. The van der Waals surface area contributed by atoms with Crippen molar-refractivity contribution in [1.82, 2.24) is 10.3 Å². The molecular formula is C12H13ClN2S2. The Morgan fingerprint density at radius 2 is 2.47 bits per heavy atom. The maximum atomic E-state index is 6.06. The average molecular weight is 285 g/mol. The van der Waals surface area contributed by atoms with Crippen LogP contribution in [0, 0.1) is 0 Å². The summed E-state index contributed by atoms with van der Waals surface area (Å²) >= 11 is 9.48. The Kier molecular flexibility index (Phi) is 3.21. The second kappa shape index (κ2) is 4.69. The third-order valence-corrected chi connectivity index (χ3v) is 5.42. The number of aryl methyl sites for hydroxylation is 1. The molecule has 1 aliphatic carbocycles. The molecule has 0 spiro atoms. The molecule has 2 aromatic heterocycles.